The Labute approximate surface area is 67.2 Å². The van der Waals surface area contributed by atoms with Crippen molar-refractivity contribution in [3.63, 3.8) is 0 Å². The van der Waals surface area contributed by atoms with Crippen LogP contribution in [0.4, 0.5) is 0 Å². The maximum absolute atomic E-state index is 3.46. The molecule has 0 fully saturated rings. The Morgan fingerprint density at radius 2 is 1.91 bits per heavy atom. The molecule has 0 atom stereocenters. The smallest absolute Gasteiger partial charge is 0.0206 e. The van der Waals surface area contributed by atoms with Gasteiger partial charge in [0.1, 0.15) is 0 Å². The first kappa shape index (κ1) is 7.59. The second kappa shape index (κ2) is 4.32. The third-order valence-corrected chi connectivity index (χ3v) is 1.30. The van der Waals surface area contributed by atoms with Crippen LogP contribution < -0.4 is 0 Å². The molecule has 0 radical (unpaired) electrons. The molecule has 1 aromatic rings. The highest BCUT2D eigenvalue weighted by Gasteiger charge is 1.78. The topological polar surface area (TPSA) is 0 Å². The summed E-state index contributed by atoms with van der Waals surface area (Å²) in [6, 6.07) is 10.1. The van der Waals surface area contributed by atoms with Crippen LogP contribution in [0.25, 0.3) is 6.08 Å². The van der Waals surface area contributed by atoms with Crippen LogP contribution in [0, 0.1) is 0 Å². The quantitative estimate of drug-likeness (QED) is 0.440. The largest absolute Gasteiger partial charge is 0.129 e. The zero-order valence-corrected chi connectivity index (χ0v) is 6.33. The molecule has 0 bridgehead atoms. The lowest BCUT2D eigenvalue weighted by molar-refractivity contribution is 1.66. The van der Waals surface area contributed by atoms with Crippen LogP contribution in [0.15, 0.2) is 54.8 Å². The van der Waals surface area contributed by atoms with E-state index in [1.807, 2.05) is 42.5 Å². The van der Waals surface area contributed by atoms with Crippen molar-refractivity contribution in [2.45, 2.75) is 0 Å². The van der Waals surface area contributed by atoms with Crippen LogP contribution in [0.5, 0.6) is 0 Å². The van der Waals surface area contributed by atoms with E-state index >= 15 is 0 Å². The maximum Gasteiger partial charge on any atom is -0.0206 e. The lowest BCUT2D eigenvalue weighted by Crippen LogP contribution is -1.65. The van der Waals surface area contributed by atoms with E-state index in [0.29, 0.717) is 0 Å². The number of allylic oxidation sites excluding steroid dienone is 2. The third-order valence-electron chi connectivity index (χ3n) is 1.30. The van der Waals surface area contributed by atoms with Crippen molar-refractivity contribution in [2.24, 2.45) is 0 Å². The van der Waals surface area contributed by atoms with Gasteiger partial charge < -0.3 is 0 Å². The molecule has 0 spiro atoms. The summed E-state index contributed by atoms with van der Waals surface area (Å²) in [6.07, 6.45) is 5.72. The van der Waals surface area contributed by atoms with Crippen molar-refractivity contribution >= 4 is 6.08 Å². The molecule has 0 saturated carbocycles. The van der Waals surface area contributed by atoms with Gasteiger partial charge in [-0.25, -0.2) is 0 Å². The van der Waals surface area contributed by atoms with Crippen molar-refractivity contribution in [1.29, 1.82) is 0 Å². The van der Waals surface area contributed by atoms with Gasteiger partial charge in [0.05, 0.1) is 0 Å². The first-order valence-electron chi connectivity index (χ1n) is 3.51. The van der Waals surface area contributed by atoms with Gasteiger partial charge in [-0.1, -0.05) is 49.1 Å². The standard InChI is InChI=1S/C11H10/c1-2-3-5-8-11-9-6-4-7-10-11/h3-10H,1H2/b8-5-. The van der Waals surface area contributed by atoms with Gasteiger partial charge >= 0.3 is 0 Å². The minimum absolute atomic E-state index is 1.19. The predicted octanol–water partition coefficient (Wildman–Crippen LogP) is 3.04. The molecule has 0 heteroatoms. The molecule has 0 aliphatic carbocycles. The van der Waals surface area contributed by atoms with Crippen LogP contribution in [-0.2, 0) is 0 Å². The molecule has 0 amide bonds. The summed E-state index contributed by atoms with van der Waals surface area (Å²) in [5.41, 5.74) is 3.87. The molecular formula is C11H10. The van der Waals surface area contributed by atoms with Crippen molar-refractivity contribution in [3.05, 3.63) is 60.4 Å². The molecular weight excluding hydrogens is 132 g/mol. The monoisotopic (exact) mass is 142 g/mol. The minimum atomic E-state index is 1.19. The summed E-state index contributed by atoms with van der Waals surface area (Å²) < 4.78 is 0. The third kappa shape index (κ3) is 2.70. The van der Waals surface area contributed by atoms with Crippen molar-refractivity contribution in [2.75, 3.05) is 0 Å². The SMILES string of the molecule is C=C=C/C=C\c1ccccc1. The zero-order valence-electron chi connectivity index (χ0n) is 6.33. The Bertz CT molecular complexity index is 274. The molecule has 11 heavy (non-hydrogen) atoms. The van der Waals surface area contributed by atoms with Crippen LogP contribution >= 0.6 is 0 Å². The van der Waals surface area contributed by atoms with Gasteiger partial charge in [0, 0.05) is 0 Å². The Kier molecular flexibility index (Phi) is 2.98. The van der Waals surface area contributed by atoms with E-state index in [4.69, 9.17) is 0 Å². The zero-order chi connectivity index (χ0) is 7.94. The first-order chi connectivity index (χ1) is 5.43. The van der Waals surface area contributed by atoms with E-state index in [9.17, 15) is 0 Å². The Morgan fingerprint density at radius 3 is 2.55 bits per heavy atom. The van der Waals surface area contributed by atoms with Gasteiger partial charge in [0.15, 0.2) is 0 Å². The van der Waals surface area contributed by atoms with Crippen molar-refractivity contribution < 1.29 is 0 Å². The van der Waals surface area contributed by atoms with E-state index in [2.05, 4.69) is 12.3 Å². The average molecular weight is 142 g/mol. The summed E-state index contributed by atoms with van der Waals surface area (Å²) in [7, 11) is 0. The van der Waals surface area contributed by atoms with E-state index in [1.54, 1.807) is 6.08 Å². The van der Waals surface area contributed by atoms with E-state index in [-0.39, 0.29) is 0 Å². The fraction of sp³-hybridized carbons (Fsp3) is 0. The highest BCUT2D eigenvalue weighted by atomic mass is 13.8. The number of hydrogen-bond acceptors (Lipinski definition) is 0. The molecule has 1 rings (SSSR count). The van der Waals surface area contributed by atoms with Gasteiger partial charge in [-0.3, -0.25) is 0 Å². The van der Waals surface area contributed by atoms with E-state index < -0.39 is 0 Å². The average Bonchev–Trinajstić information content (AvgIpc) is 2.07. The molecule has 0 aromatic heterocycles. The fourth-order valence-electron chi connectivity index (χ4n) is 0.791. The number of benzene rings is 1. The van der Waals surface area contributed by atoms with Crippen LogP contribution in [0.2, 0.25) is 0 Å². The molecule has 0 aliphatic rings. The second-order valence-corrected chi connectivity index (χ2v) is 2.14. The molecule has 1 aromatic carbocycles. The van der Waals surface area contributed by atoms with E-state index in [0.717, 1.165) is 0 Å². The summed E-state index contributed by atoms with van der Waals surface area (Å²) in [5, 5.41) is 0. The predicted molar refractivity (Wildman–Crippen MR) is 49.2 cm³/mol. The number of rotatable bonds is 2. The normalized spacial score (nSPS) is 9.45. The molecule has 0 heterocycles. The summed E-state index contributed by atoms with van der Waals surface area (Å²) in [4.78, 5) is 0. The fourth-order valence-corrected chi connectivity index (χ4v) is 0.791. The Hall–Kier alpha value is -1.52. The van der Waals surface area contributed by atoms with Gasteiger partial charge in [-0.05, 0) is 11.6 Å². The van der Waals surface area contributed by atoms with Gasteiger partial charge in [0.2, 0.25) is 0 Å². The summed E-state index contributed by atoms with van der Waals surface area (Å²) in [6.45, 7) is 3.46. The van der Waals surface area contributed by atoms with Gasteiger partial charge in [0.25, 0.3) is 0 Å². The van der Waals surface area contributed by atoms with E-state index in [1.165, 1.54) is 5.56 Å². The molecule has 54 valence electrons. The summed E-state index contributed by atoms with van der Waals surface area (Å²) in [5.74, 6) is 0. The van der Waals surface area contributed by atoms with Crippen LogP contribution in [0.3, 0.4) is 0 Å². The first-order valence-corrected chi connectivity index (χ1v) is 3.51. The molecule has 0 N–H and O–H groups in total. The van der Waals surface area contributed by atoms with Crippen LogP contribution in [0.1, 0.15) is 5.56 Å². The van der Waals surface area contributed by atoms with Gasteiger partial charge in [-0.2, -0.15) is 0 Å². The lowest BCUT2D eigenvalue weighted by Gasteiger charge is -1.87. The lowest BCUT2D eigenvalue weighted by atomic mass is 10.2. The van der Waals surface area contributed by atoms with Crippen LogP contribution in [-0.4, -0.2) is 0 Å². The maximum atomic E-state index is 3.46. The highest BCUT2D eigenvalue weighted by Crippen LogP contribution is 2.00. The molecule has 0 unspecified atom stereocenters. The molecule has 0 nitrogen and oxygen atoms in total. The Morgan fingerprint density at radius 1 is 1.18 bits per heavy atom. The molecule has 0 saturated heterocycles. The second-order valence-electron chi connectivity index (χ2n) is 2.14. The molecule has 0 aliphatic heterocycles. The minimum Gasteiger partial charge on any atom is -0.129 e. The number of hydrogen-bond donors (Lipinski definition) is 0. The van der Waals surface area contributed by atoms with Crippen molar-refractivity contribution in [1.82, 2.24) is 0 Å². The van der Waals surface area contributed by atoms with Gasteiger partial charge in [-0.15, -0.1) is 5.73 Å². The Balaban J connectivity index is 2.72. The highest BCUT2D eigenvalue weighted by molar-refractivity contribution is 5.50. The van der Waals surface area contributed by atoms with Crippen molar-refractivity contribution in [3.8, 4) is 0 Å². The summed E-state index contributed by atoms with van der Waals surface area (Å²) >= 11 is 0.